The Hall–Kier alpha value is -0.820. The lowest BCUT2D eigenvalue weighted by atomic mass is 10.1. The van der Waals surface area contributed by atoms with Crippen LogP contribution in [0.4, 0.5) is 5.82 Å². The number of fused-ring (bicyclic) bond motifs is 1. The third kappa shape index (κ3) is 3.02. The van der Waals surface area contributed by atoms with Crippen molar-refractivity contribution >= 4 is 52.5 Å². The number of rotatable bonds is 2. The Labute approximate surface area is 126 Å². The third-order valence-electron chi connectivity index (χ3n) is 2.98. The van der Waals surface area contributed by atoms with E-state index in [1.165, 1.54) is 0 Å². The fourth-order valence-corrected chi connectivity index (χ4v) is 2.52. The minimum Gasteiger partial charge on any atom is -0.365 e. The van der Waals surface area contributed by atoms with Crippen LogP contribution in [0.2, 0.25) is 10.4 Å². The second-order valence-corrected chi connectivity index (χ2v) is 4.98. The predicted molar refractivity (Wildman–Crippen MR) is 78.5 cm³/mol. The second-order valence-electron chi connectivity index (χ2n) is 4.27. The normalized spacial score (nSPS) is 19.2. The van der Waals surface area contributed by atoms with Crippen molar-refractivity contribution in [2.45, 2.75) is 18.9 Å². The molecule has 1 atom stereocenters. The number of piperidine rings is 1. The van der Waals surface area contributed by atoms with E-state index in [2.05, 4.69) is 30.8 Å². The van der Waals surface area contributed by atoms with Gasteiger partial charge in [-0.3, -0.25) is 5.10 Å². The molecule has 6 nitrogen and oxygen atoms in total. The summed E-state index contributed by atoms with van der Waals surface area (Å²) in [5.74, 6) is 0.637. The van der Waals surface area contributed by atoms with Gasteiger partial charge >= 0.3 is 0 Å². The van der Waals surface area contributed by atoms with Crippen molar-refractivity contribution in [2.75, 3.05) is 18.4 Å². The lowest BCUT2D eigenvalue weighted by Gasteiger charge is -2.24. The molecule has 9 heteroatoms. The molecule has 0 amide bonds. The van der Waals surface area contributed by atoms with E-state index in [1.54, 1.807) is 0 Å². The van der Waals surface area contributed by atoms with Crippen LogP contribution >= 0.6 is 35.6 Å². The van der Waals surface area contributed by atoms with E-state index in [0.29, 0.717) is 28.0 Å². The van der Waals surface area contributed by atoms with Gasteiger partial charge in [-0.1, -0.05) is 11.6 Å². The van der Waals surface area contributed by atoms with Crippen LogP contribution in [0.1, 0.15) is 12.8 Å². The van der Waals surface area contributed by atoms with Crippen LogP contribution in [0.5, 0.6) is 0 Å². The summed E-state index contributed by atoms with van der Waals surface area (Å²) >= 11 is 11.9. The number of nitrogens with zero attached hydrogens (tertiary/aromatic N) is 3. The molecule has 0 spiro atoms. The fraction of sp³-hybridized carbons (Fsp3) is 0.500. The lowest BCUT2D eigenvalue weighted by molar-refractivity contribution is 0.479. The minimum absolute atomic E-state index is 0. The van der Waals surface area contributed by atoms with Crippen molar-refractivity contribution in [2.24, 2.45) is 0 Å². The maximum atomic E-state index is 6.05. The first-order chi connectivity index (χ1) is 8.74. The molecule has 19 heavy (non-hydrogen) atoms. The molecular formula is C10H13Cl3N6. The average Bonchev–Trinajstić information content (AvgIpc) is 2.72. The SMILES string of the molecule is Cl.Clc1nc(N[C@@H]2CCCNC2)c2c(Cl)[nH]nc2n1. The van der Waals surface area contributed by atoms with Crippen LogP contribution < -0.4 is 10.6 Å². The lowest BCUT2D eigenvalue weighted by Crippen LogP contribution is -2.38. The molecule has 1 saturated heterocycles. The summed E-state index contributed by atoms with van der Waals surface area (Å²) in [7, 11) is 0. The van der Waals surface area contributed by atoms with Gasteiger partial charge in [0.2, 0.25) is 5.28 Å². The Bertz CT molecular complexity index is 566. The average molecular weight is 324 g/mol. The first kappa shape index (κ1) is 14.6. The highest BCUT2D eigenvalue weighted by Gasteiger charge is 2.18. The number of nitrogens with one attached hydrogen (secondary N) is 3. The van der Waals surface area contributed by atoms with Crippen molar-refractivity contribution in [1.29, 1.82) is 0 Å². The fourth-order valence-electron chi connectivity index (χ4n) is 2.14. The Balaban J connectivity index is 0.00000133. The van der Waals surface area contributed by atoms with E-state index in [4.69, 9.17) is 23.2 Å². The van der Waals surface area contributed by atoms with E-state index in [9.17, 15) is 0 Å². The van der Waals surface area contributed by atoms with Crippen molar-refractivity contribution in [3.63, 3.8) is 0 Å². The molecule has 104 valence electrons. The highest BCUT2D eigenvalue weighted by molar-refractivity contribution is 6.35. The minimum atomic E-state index is 0. The first-order valence-corrected chi connectivity index (χ1v) is 6.54. The molecule has 0 aliphatic carbocycles. The summed E-state index contributed by atoms with van der Waals surface area (Å²) in [5, 5.41) is 14.6. The molecule has 0 radical (unpaired) electrons. The number of aromatic nitrogens is 4. The van der Waals surface area contributed by atoms with E-state index >= 15 is 0 Å². The number of H-pyrrole nitrogens is 1. The Morgan fingerprint density at radius 1 is 1.26 bits per heavy atom. The zero-order valence-electron chi connectivity index (χ0n) is 9.91. The first-order valence-electron chi connectivity index (χ1n) is 5.78. The van der Waals surface area contributed by atoms with Crippen LogP contribution in [-0.2, 0) is 0 Å². The molecule has 3 heterocycles. The van der Waals surface area contributed by atoms with Crippen molar-refractivity contribution in [3.05, 3.63) is 10.4 Å². The Morgan fingerprint density at radius 2 is 2.11 bits per heavy atom. The third-order valence-corrected chi connectivity index (χ3v) is 3.42. The van der Waals surface area contributed by atoms with Crippen LogP contribution in [0.15, 0.2) is 0 Å². The number of hydrogen-bond donors (Lipinski definition) is 3. The zero-order chi connectivity index (χ0) is 12.5. The van der Waals surface area contributed by atoms with Crippen LogP contribution in [-0.4, -0.2) is 39.3 Å². The van der Waals surface area contributed by atoms with Gasteiger partial charge in [0, 0.05) is 12.6 Å². The number of halogens is 3. The Kier molecular flexibility index (Phi) is 4.67. The summed E-state index contributed by atoms with van der Waals surface area (Å²) in [6, 6.07) is 0.318. The predicted octanol–water partition coefficient (Wildman–Crippen LogP) is 2.25. The molecule has 3 rings (SSSR count). The summed E-state index contributed by atoms with van der Waals surface area (Å²) in [6.45, 7) is 1.96. The number of anilines is 1. The molecule has 0 aromatic carbocycles. The van der Waals surface area contributed by atoms with Gasteiger partial charge in [-0.2, -0.15) is 15.1 Å². The molecule has 2 aromatic rings. The number of aromatic amines is 1. The van der Waals surface area contributed by atoms with Gasteiger partial charge in [-0.15, -0.1) is 12.4 Å². The van der Waals surface area contributed by atoms with Gasteiger partial charge < -0.3 is 10.6 Å². The molecule has 0 saturated carbocycles. The molecule has 3 N–H and O–H groups in total. The quantitative estimate of drug-likeness (QED) is 0.739. The van der Waals surface area contributed by atoms with Crippen molar-refractivity contribution < 1.29 is 0 Å². The summed E-state index contributed by atoms with van der Waals surface area (Å²) in [6.07, 6.45) is 2.23. The van der Waals surface area contributed by atoms with Crippen molar-refractivity contribution in [3.8, 4) is 0 Å². The van der Waals surface area contributed by atoms with Crippen LogP contribution in [0.3, 0.4) is 0 Å². The highest BCUT2D eigenvalue weighted by Crippen LogP contribution is 2.27. The van der Waals surface area contributed by atoms with E-state index in [0.717, 1.165) is 25.9 Å². The van der Waals surface area contributed by atoms with Crippen LogP contribution in [0, 0.1) is 0 Å². The second kappa shape index (κ2) is 6.09. The summed E-state index contributed by atoms with van der Waals surface area (Å²) < 4.78 is 0. The van der Waals surface area contributed by atoms with E-state index in [-0.39, 0.29) is 17.7 Å². The molecule has 1 aliphatic rings. The van der Waals surface area contributed by atoms with E-state index in [1.807, 2.05) is 0 Å². The van der Waals surface area contributed by atoms with E-state index < -0.39 is 0 Å². The van der Waals surface area contributed by atoms with Gasteiger partial charge in [-0.25, -0.2) is 0 Å². The smallest absolute Gasteiger partial charge is 0.226 e. The monoisotopic (exact) mass is 322 g/mol. The van der Waals surface area contributed by atoms with Gasteiger partial charge in [0.1, 0.15) is 16.4 Å². The van der Waals surface area contributed by atoms with Crippen LogP contribution in [0.25, 0.3) is 11.0 Å². The highest BCUT2D eigenvalue weighted by atomic mass is 35.5. The summed E-state index contributed by atoms with van der Waals surface area (Å²) in [5.41, 5.74) is 0.478. The van der Waals surface area contributed by atoms with Crippen molar-refractivity contribution in [1.82, 2.24) is 25.5 Å². The topological polar surface area (TPSA) is 78.5 Å². The maximum Gasteiger partial charge on any atom is 0.226 e. The van der Waals surface area contributed by atoms with Gasteiger partial charge in [0.15, 0.2) is 5.65 Å². The largest absolute Gasteiger partial charge is 0.365 e. The summed E-state index contributed by atoms with van der Waals surface area (Å²) in [4.78, 5) is 8.22. The number of hydrogen-bond acceptors (Lipinski definition) is 5. The zero-order valence-corrected chi connectivity index (χ0v) is 12.2. The molecular weight excluding hydrogens is 311 g/mol. The molecule has 1 fully saturated rings. The molecule has 0 unspecified atom stereocenters. The van der Waals surface area contributed by atoms with Gasteiger partial charge in [0.25, 0.3) is 0 Å². The van der Waals surface area contributed by atoms with Gasteiger partial charge in [-0.05, 0) is 31.0 Å². The van der Waals surface area contributed by atoms with Gasteiger partial charge in [0.05, 0.1) is 0 Å². The Morgan fingerprint density at radius 3 is 2.84 bits per heavy atom. The molecule has 0 bridgehead atoms. The molecule has 2 aromatic heterocycles. The maximum absolute atomic E-state index is 6.05. The standard InChI is InChI=1S/C10H12Cl2N6.ClH/c11-7-6-8(14-5-2-1-3-13-4-5)15-10(12)16-9(6)18-17-7;/h5,13H,1-4H2,(H2,14,15,16,17,18);1H/t5-;/m1./s1. The molecule has 1 aliphatic heterocycles.